The Morgan fingerprint density at radius 3 is 1.10 bits per heavy atom. The van der Waals surface area contributed by atoms with Crippen LogP contribution in [0.15, 0.2) is 164 Å². The SMILES string of the molecule is c1ccc(-c2ccc(-c3nc(-n4c5ccccc5c5ccccc54)nc(-n4c5ccccc5c5ccccc54)n3)c3ccccc23)cc1. The first-order chi connectivity index (χ1) is 23.8. The zero-order valence-electron chi connectivity index (χ0n) is 25.8. The summed E-state index contributed by atoms with van der Waals surface area (Å²) in [6, 6.07) is 57.3. The zero-order valence-corrected chi connectivity index (χ0v) is 25.8. The minimum atomic E-state index is 0.575. The van der Waals surface area contributed by atoms with Gasteiger partial charge in [0.15, 0.2) is 5.82 Å². The summed E-state index contributed by atoms with van der Waals surface area (Å²) < 4.78 is 4.35. The van der Waals surface area contributed by atoms with E-state index >= 15 is 0 Å². The fourth-order valence-electron chi connectivity index (χ4n) is 7.31. The Bertz CT molecular complexity index is 2610. The van der Waals surface area contributed by atoms with Gasteiger partial charge in [-0.3, -0.25) is 9.13 Å². The highest BCUT2D eigenvalue weighted by Crippen LogP contribution is 2.37. The molecule has 10 rings (SSSR count). The van der Waals surface area contributed by atoms with Crippen LogP contribution in [-0.4, -0.2) is 24.1 Å². The van der Waals surface area contributed by atoms with Gasteiger partial charge >= 0.3 is 0 Å². The van der Waals surface area contributed by atoms with Crippen LogP contribution < -0.4 is 0 Å². The minimum absolute atomic E-state index is 0.575. The van der Waals surface area contributed by atoms with Gasteiger partial charge < -0.3 is 0 Å². The summed E-state index contributed by atoms with van der Waals surface area (Å²) in [6.07, 6.45) is 0. The van der Waals surface area contributed by atoms with E-state index in [1.54, 1.807) is 0 Å². The molecular weight excluding hydrogens is 587 g/mol. The molecule has 0 aliphatic heterocycles. The zero-order chi connectivity index (χ0) is 31.6. The summed E-state index contributed by atoms with van der Waals surface area (Å²) in [7, 11) is 0. The van der Waals surface area contributed by atoms with Crippen molar-refractivity contribution >= 4 is 54.4 Å². The van der Waals surface area contributed by atoms with Crippen LogP contribution in [0.1, 0.15) is 0 Å². The average molecular weight is 614 g/mol. The van der Waals surface area contributed by atoms with E-state index in [0.29, 0.717) is 17.7 Å². The van der Waals surface area contributed by atoms with Crippen LogP contribution in [-0.2, 0) is 0 Å². The topological polar surface area (TPSA) is 48.5 Å². The lowest BCUT2D eigenvalue weighted by Crippen LogP contribution is -2.10. The normalized spacial score (nSPS) is 11.8. The third-order valence-corrected chi connectivity index (χ3v) is 9.42. The third kappa shape index (κ3) is 3.94. The van der Waals surface area contributed by atoms with Crippen molar-refractivity contribution in [1.29, 1.82) is 0 Å². The lowest BCUT2D eigenvalue weighted by molar-refractivity contribution is 0.893. The van der Waals surface area contributed by atoms with Gasteiger partial charge in [0.2, 0.25) is 11.9 Å². The van der Waals surface area contributed by atoms with E-state index in [-0.39, 0.29) is 0 Å². The van der Waals surface area contributed by atoms with E-state index < -0.39 is 0 Å². The molecule has 5 nitrogen and oxygen atoms in total. The predicted molar refractivity (Wildman–Crippen MR) is 197 cm³/mol. The largest absolute Gasteiger partial charge is 0.278 e. The number of para-hydroxylation sites is 4. The summed E-state index contributed by atoms with van der Waals surface area (Å²) in [5.74, 6) is 1.77. The Balaban J connectivity index is 1.32. The first kappa shape index (κ1) is 26.6. The maximum atomic E-state index is 5.30. The molecular formula is C43H27N5. The van der Waals surface area contributed by atoms with Crippen LogP contribution in [0.5, 0.6) is 0 Å². The number of nitrogens with zero attached hydrogens (tertiary/aromatic N) is 5. The molecule has 0 saturated heterocycles. The second-order valence-corrected chi connectivity index (χ2v) is 12.1. The lowest BCUT2D eigenvalue weighted by Gasteiger charge is -2.15. The van der Waals surface area contributed by atoms with Crippen LogP contribution in [0.2, 0.25) is 0 Å². The molecule has 0 saturated carbocycles. The Labute approximate surface area is 276 Å². The van der Waals surface area contributed by atoms with Crippen molar-refractivity contribution < 1.29 is 0 Å². The highest BCUT2D eigenvalue weighted by molar-refractivity contribution is 6.10. The maximum Gasteiger partial charge on any atom is 0.240 e. The molecule has 3 aromatic heterocycles. The van der Waals surface area contributed by atoms with Crippen molar-refractivity contribution in [2.24, 2.45) is 0 Å². The summed E-state index contributed by atoms with van der Waals surface area (Å²) >= 11 is 0. The Kier molecular flexibility index (Phi) is 5.81. The van der Waals surface area contributed by atoms with Gasteiger partial charge in [-0.25, -0.2) is 0 Å². The smallest absolute Gasteiger partial charge is 0.240 e. The number of hydrogen-bond acceptors (Lipinski definition) is 3. The quantitative estimate of drug-likeness (QED) is 0.198. The highest BCUT2D eigenvalue weighted by Gasteiger charge is 2.21. The Morgan fingerprint density at radius 2 is 0.646 bits per heavy atom. The maximum absolute atomic E-state index is 5.30. The van der Waals surface area contributed by atoms with Crippen molar-refractivity contribution in [3.8, 4) is 34.4 Å². The molecule has 224 valence electrons. The molecule has 5 heteroatoms. The fraction of sp³-hybridized carbons (Fsp3) is 0. The molecule has 3 heterocycles. The molecule has 10 aromatic rings. The molecule has 0 bridgehead atoms. The van der Waals surface area contributed by atoms with Gasteiger partial charge in [-0.05, 0) is 52.2 Å². The van der Waals surface area contributed by atoms with Gasteiger partial charge in [0.05, 0.1) is 22.1 Å². The van der Waals surface area contributed by atoms with E-state index in [9.17, 15) is 0 Å². The van der Waals surface area contributed by atoms with Gasteiger partial charge in [-0.1, -0.05) is 133 Å². The first-order valence-corrected chi connectivity index (χ1v) is 16.1. The Morgan fingerprint density at radius 1 is 0.292 bits per heavy atom. The number of rotatable bonds is 4. The molecule has 0 aliphatic rings. The summed E-state index contributed by atoms with van der Waals surface area (Å²) in [5.41, 5.74) is 7.50. The van der Waals surface area contributed by atoms with Crippen LogP contribution in [0.25, 0.3) is 88.8 Å². The fourth-order valence-corrected chi connectivity index (χ4v) is 7.31. The van der Waals surface area contributed by atoms with Gasteiger partial charge in [0.1, 0.15) is 0 Å². The van der Waals surface area contributed by atoms with Crippen LogP contribution in [0, 0.1) is 0 Å². The van der Waals surface area contributed by atoms with Crippen molar-refractivity contribution in [3.05, 3.63) is 164 Å². The molecule has 0 atom stereocenters. The molecule has 48 heavy (non-hydrogen) atoms. The highest BCUT2D eigenvalue weighted by atomic mass is 15.3. The second kappa shape index (κ2) is 10.5. The van der Waals surface area contributed by atoms with E-state index in [2.05, 4.69) is 173 Å². The first-order valence-electron chi connectivity index (χ1n) is 16.1. The van der Waals surface area contributed by atoms with Gasteiger partial charge in [0, 0.05) is 27.1 Å². The number of fused-ring (bicyclic) bond motifs is 7. The molecule has 0 radical (unpaired) electrons. The molecule has 0 amide bonds. The predicted octanol–water partition coefficient (Wildman–Crippen LogP) is 10.6. The molecule has 0 aliphatic carbocycles. The van der Waals surface area contributed by atoms with E-state index in [4.69, 9.17) is 15.0 Å². The second-order valence-electron chi connectivity index (χ2n) is 12.1. The summed E-state index contributed by atoms with van der Waals surface area (Å²) in [4.78, 5) is 15.9. The average Bonchev–Trinajstić information content (AvgIpc) is 3.68. The van der Waals surface area contributed by atoms with Crippen LogP contribution in [0.3, 0.4) is 0 Å². The number of benzene rings is 7. The number of hydrogen-bond donors (Lipinski definition) is 0. The summed E-state index contributed by atoms with van der Waals surface area (Å²) in [6.45, 7) is 0. The number of aromatic nitrogens is 5. The van der Waals surface area contributed by atoms with E-state index in [1.165, 1.54) is 11.1 Å². The van der Waals surface area contributed by atoms with Crippen molar-refractivity contribution in [1.82, 2.24) is 24.1 Å². The van der Waals surface area contributed by atoms with Crippen LogP contribution in [0.4, 0.5) is 0 Å². The van der Waals surface area contributed by atoms with Gasteiger partial charge in [-0.2, -0.15) is 15.0 Å². The van der Waals surface area contributed by atoms with Gasteiger partial charge in [-0.15, -0.1) is 0 Å². The Hall–Kier alpha value is -6.59. The van der Waals surface area contributed by atoms with E-state index in [1.807, 2.05) is 0 Å². The third-order valence-electron chi connectivity index (χ3n) is 9.42. The molecule has 0 unspecified atom stereocenters. The monoisotopic (exact) mass is 613 g/mol. The van der Waals surface area contributed by atoms with Crippen molar-refractivity contribution in [2.45, 2.75) is 0 Å². The van der Waals surface area contributed by atoms with Crippen molar-refractivity contribution in [3.63, 3.8) is 0 Å². The van der Waals surface area contributed by atoms with Gasteiger partial charge in [0.25, 0.3) is 0 Å². The molecule has 0 N–H and O–H groups in total. The summed E-state index contributed by atoms with van der Waals surface area (Å²) in [5, 5.41) is 6.87. The van der Waals surface area contributed by atoms with Crippen LogP contribution >= 0.6 is 0 Å². The minimum Gasteiger partial charge on any atom is -0.278 e. The van der Waals surface area contributed by atoms with Crippen molar-refractivity contribution in [2.75, 3.05) is 0 Å². The molecule has 0 fully saturated rings. The van der Waals surface area contributed by atoms with E-state index in [0.717, 1.165) is 59.9 Å². The molecule has 0 spiro atoms. The standard InChI is InChI=1S/C43H27N5/c1-2-14-28(15-3-1)29-26-27-36(31-17-5-4-16-30(29)31)41-44-42(47-37-22-10-6-18-32(37)33-19-7-11-23-38(33)47)46-43(45-41)48-39-24-12-8-20-34(39)35-21-9-13-25-40(35)48/h1-27H. The molecule has 7 aromatic carbocycles. The lowest BCUT2D eigenvalue weighted by atomic mass is 9.95.